The molecule has 0 heterocycles. The first-order valence-electron chi connectivity index (χ1n) is 5.09. The second-order valence-corrected chi connectivity index (χ2v) is 4.46. The molecule has 2 N–H and O–H groups in total. The molecule has 1 saturated carbocycles. The van der Waals surface area contributed by atoms with Gasteiger partial charge in [-0.2, -0.15) is 0 Å². The van der Waals surface area contributed by atoms with Gasteiger partial charge in [0.2, 0.25) is 0 Å². The highest BCUT2D eigenvalue weighted by molar-refractivity contribution is 7.80. The van der Waals surface area contributed by atoms with E-state index >= 15 is 0 Å². The lowest BCUT2D eigenvalue weighted by Gasteiger charge is -2.13. The molecular weight excluding hydrogens is 222 g/mol. The monoisotopic (exact) mass is 235 g/mol. The van der Waals surface area contributed by atoms with Crippen molar-refractivity contribution in [2.75, 3.05) is 7.11 Å². The van der Waals surface area contributed by atoms with Crippen LogP contribution in [0, 0.1) is 0 Å². The number of esters is 1. The summed E-state index contributed by atoms with van der Waals surface area (Å²) < 4.78 is 4.64. The number of hydrogen-bond donors (Lipinski definition) is 1. The molecule has 0 atom stereocenters. The minimum absolute atomic E-state index is 0.121. The van der Waals surface area contributed by atoms with Crippen LogP contribution in [0.15, 0.2) is 24.3 Å². The maximum atomic E-state index is 11.3. The lowest BCUT2D eigenvalue weighted by molar-refractivity contribution is 0.0600. The highest BCUT2D eigenvalue weighted by atomic mass is 32.1. The van der Waals surface area contributed by atoms with Gasteiger partial charge in [0.1, 0.15) is 0 Å². The average Bonchev–Trinajstić information content (AvgIpc) is 3.09. The fraction of sp³-hybridized carbons (Fsp3) is 0.333. The van der Waals surface area contributed by atoms with Gasteiger partial charge in [-0.1, -0.05) is 24.4 Å². The fourth-order valence-corrected chi connectivity index (χ4v) is 2.17. The van der Waals surface area contributed by atoms with Crippen LogP contribution in [0.2, 0.25) is 0 Å². The van der Waals surface area contributed by atoms with E-state index in [1.807, 2.05) is 12.1 Å². The highest BCUT2D eigenvalue weighted by Gasteiger charge is 2.47. The van der Waals surface area contributed by atoms with Gasteiger partial charge in [0.25, 0.3) is 0 Å². The minimum atomic E-state index is -0.327. The maximum Gasteiger partial charge on any atom is 0.337 e. The van der Waals surface area contributed by atoms with Crippen molar-refractivity contribution in [1.82, 2.24) is 0 Å². The second-order valence-electron chi connectivity index (χ2n) is 4.02. The highest BCUT2D eigenvalue weighted by Crippen LogP contribution is 2.48. The van der Waals surface area contributed by atoms with Gasteiger partial charge in [0.15, 0.2) is 0 Å². The van der Waals surface area contributed by atoms with Crippen LogP contribution >= 0.6 is 12.2 Å². The number of methoxy groups -OCH3 is 1. The second kappa shape index (κ2) is 3.87. The number of carbonyl (C=O) groups excluding carboxylic acids is 1. The van der Waals surface area contributed by atoms with E-state index in [1.54, 1.807) is 12.1 Å². The molecule has 0 spiro atoms. The SMILES string of the molecule is COC(=O)c1ccc(C2(C(N)=S)CC2)cc1. The molecule has 1 fully saturated rings. The van der Waals surface area contributed by atoms with Crippen molar-refractivity contribution in [3.05, 3.63) is 35.4 Å². The molecule has 1 aliphatic carbocycles. The molecule has 0 aromatic heterocycles. The molecule has 4 heteroatoms. The van der Waals surface area contributed by atoms with E-state index in [9.17, 15) is 4.79 Å². The van der Waals surface area contributed by atoms with Gasteiger partial charge in [0, 0.05) is 5.41 Å². The van der Waals surface area contributed by atoms with Crippen molar-refractivity contribution in [2.45, 2.75) is 18.3 Å². The summed E-state index contributed by atoms with van der Waals surface area (Å²) in [6.07, 6.45) is 2.00. The number of ether oxygens (including phenoxy) is 1. The molecule has 1 aliphatic rings. The zero-order chi connectivity index (χ0) is 11.8. The van der Waals surface area contributed by atoms with E-state index < -0.39 is 0 Å². The Labute approximate surface area is 99.6 Å². The van der Waals surface area contributed by atoms with Gasteiger partial charge in [-0.3, -0.25) is 0 Å². The Kier molecular flexibility index (Phi) is 2.68. The molecule has 0 aliphatic heterocycles. The lowest BCUT2D eigenvalue weighted by atomic mass is 9.95. The van der Waals surface area contributed by atoms with Crippen LogP contribution in [-0.4, -0.2) is 18.1 Å². The van der Waals surface area contributed by atoms with Gasteiger partial charge in [-0.15, -0.1) is 0 Å². The fourth-order valence-electron chi connectivity index (χ4n) is 1.85. The summed E-state index contributed by atoms with van der Waals surface area (Å²) >= 11 is 5.07. The van der Waals surface area contributed by atoms with Crippen molar-refractivity contribution in [3.8, 4) is 0 Å². The van der Waals surface area contributed by atoms with E-state index in [-0.39, 0.29) is 11.4 Å². The topological polar surface area (TPSA) is 52.3 Å². The Morgan fingerprint density at radius 1 is 1.38 bits per heavy atom. The van der Waals surface area contributed by atoms with E-state index in [2.05, 4.69) is 4.74 Å². The number of rotatable bonds is 3. The summed E-state index contributed by atoms with van der Waals surface area (Å²) in [6, 6.07) is 7.30. The third kappa shape index (κ3) is 1.69. The average molecular weight is 235 g/mol. The van der Waals surface area contributed by atoms with Crippen LogP contribution in [-0.2, 0) is 10.2 Å². The van der Waals surface area contributed by atoms with E-state index in [0.717, 1.165) is 18.4 Å². The number of benzene rings is 1. The molecule has 16 heavy (non-hydrogen) atoms. The Balaban J connectivity index is 2.27. The van der Waals surface area contributed by atoms with Gasteiger partial charge in [-0.25, -0.2) is 4.79 Å². The maximum absolute atomic E-state index is 11.3. The number of hydrogen-bond acceptors (Lipinski definition) is 3. The number of carbonyl (C=O) groups is 1. The molecular formula is C12H13NO2S. The predicted molar refractivity (Wildman–Crippen MR) is 65.5 cm³/mol. The molecule has 2 rings (SSSR count). The van der Waals surface area contributed by atoms with E-state index in [0.29, 0.717) is 10.6 Å². The summed E-state index contributed by atoms with van der Waals surface area (Å²) in [5.74, 6) is -0.327. The Hall–Kier alpha value is -1.42. The van der Waals surface area contributed by atoms with Crippen molar-refractivity contribution < 1.29 is 9.53 Å². The first kappa shape index (κ1) is 11.1. The first-order valence-corrected chi connectivity index (χ1v) is 5.50. The van der Waals surface area contributed by atoms with Gasteiger partial charge in [-0.05, 0) is 30.5 Å². The molecule has 3 nitrogen and oxygen atoms in total. The van der Waals surface area contributed by atoms with Crippen molar-refractivity contribution in [1.29, 1.82) is 0 Å². The Bertz CT molecular complexity index is 435. The molecule has 0 saturated heterocycles. The summed E-state index contributed by atoms with van der Waals surface area (Å²) in [7, 11) is 1.37. The van der Waals surface area contributed by atoms with Crippen LogP contribution in [0.3, 0.4) is 0 Å². The molecule has 1 aromatic carbocycles. The van der Waals surface area contributed by atoms with Crippen molar-refractivity contribution in [2.24, 2.45) is 5.73 Å². The number of thiocarbonyl (C=S) groups is 1. The van der Waals surface area contributed by atoms with Crippen LogP contribution in [0.1, 0.15) is 28.8 Å². The first-order chi connectivity index (χ1) is 7.60. The van der Waals surface area contributed by atoms with E-state index in [4.69, 9.17) is 18.0 Å². The van der Waals surface area contributed by atoms with Crippen LogP contribution < -0.4 is 5.73 Å². The third-order valence-corrected chi connectivity index (χ3v) is 3.47. The zero-order valence-electron chi connectivity index (χ0n) is 9.03. The lowest BCUT2D eigenvalue weighted by Crippen LogP contribution is -2.26. The minimum Gasteiger partial charge on any atom is -0.465 e. The van der Waals surface area contributed by atoms with Gasteiger partial charge >= 0.3 is 5.97 Å². The van der Waals surface area contributed by atoms with Crippen LogP contribution in [0.4, 0.5) is 0 Å². The largest absolute Gasteiger partial charge is 0.465 e. The number of nitrogens with two attached hydrogens (primary N) is 1. The third-order valence-electron chi connectivity index (χ3n) is 3.08. The van der Waals surface area contributed by atoms with Gasteiger partial charge in [0.05, 0.1) is 17.7 Å². The van der Waals surface area contributed by atoms with E-state index in [1.165, 1.54) is 7.11 Å². The predicted octanol–water partition coefficient (Wildman–Crippen LogP) is 1.79. The zero-order valence-corrected chi connectivity index (χ0v) is 9.84. The Morgan fingerprint density at radius 3 is 2.31 bits per heavy atom. The van der Waals surface area contributed by atoms with Crippen LogP contribution in [0.5, 0.6) is 0 Å². The molecule has 0 radical (unpaired) electrons. The standard InChI is InChI=1S/C12H13NO2S/c1-15-10(14)8-2-4-9(5-3-8)12(6-7-12)11(13)16/h2-5H,6-7H2,1H3,(H2,13,16). The normalized spacial score (nSPS) is 16.6. The molecule has 0 bridgehead atoms. The summed E-state index contributed by atoms with van der Waals surface area (Å²) in [4.78, 5) is 11.8. The molecule has 0 unspecified atom stereocenters. The molecule has 1 aromatic rings. The van der Waals surface area contributed by atoms with Crippen molar-refractivity contribution >= 4 is 23.2 Å². The molecule has 0 amide bonds. The summed E-state index contributed by atoms with van der Waals surface area (Å²) in [5, 5.41) is 0. The van der Waals surface area contributed by atoms with Crippen LogP contribution in [0.25, 0.3) is 0 Å². The summed E-state index contributed by atoms with van der Waals surface area (Å²) in [5.41, 5.74) is 7.24. The molecule has 84 valence electrons. The van der Waals surface area contributed by atoms with Crippen molar-refractivity contribution in [3.63, 3.8) is 0 Å². The Morgan fingerprint density at radius 2 is 1.94 bits per heavy atom. The van der Waals surface area contributed by atoms with Gasteiger partial charge < -0.3 is 10.5 Å². The smallest absolute Gasteiger partial charge is 0.337 e. The quantitative estimate of drug-likeness (QED) is 0.641. The summed E-state index contributed by atoms with van der Waals surface area (Å²) in [6.45, 7) is 0.